The highest BCUT2D eigenvalue weighted by atomic mass is 16.5. The second-order valence-corrected chi connectivity index (χ2v) is 5.57. The fourth-order valence-electron chi connectivity index (χ4n) is 3.14. The highest BCUT2D eigenvalue weighted by Crippen LogP contribution is 2.42. The molecule has 0 aromatic carbocycles. The fraction of sp³-hybridized carbons (Fsp3) is 1.00. The molecule has 82 valence electrons. The molecule has 1 heteroatoms. The minimum Gasteiger partial charge on any atom is -0.375 e. The Balaban J connectivity index is 1.87. The Morgan fingerprint density at radius 3 is 2.29 bits per heavy atom. The van der Waals surface area contributed by atoms with Crippen LogP contribution >= 0.6 is 0 Å². The summed E-state index contributed by atoms with van der Waals surface area (Å²) in [5, 5.41) is 0. The van der Waals surface area contributed by atoms with Crippen molar-refractivity contribution < 1.29 is 4.74 Å². The second kappa shape index (κ2) is 4.22. The number of hydrogen-bond donors (Lipinski definition) is 0. The first kappa shape index (κ1) is 10.5. The van der Waals surface area contributed by atoms with Crippen LogP contribution < -0.4 is 0 Å². The summed E-state index contributed by atoms with van der Waals surface area (Å²) < 4.78 is 6.03. The highest BCUT2D eigenvalue weighted by Gasteiger charge is 2.37. The molecule has 0 amide bonds. The molecule has 1 saturated heterocycles. The first-order chi connectivity index (χ1) is 6.72. The van der Waals surface area contributed by atoms with E-state index >= 15 is 0 Å². The van der Waals surface area contributed by atoms with Gasteiger partial charge in [0.05, 0.1) is 5.60 Å². The second-order valence-electron chi connectivity index (χ2n) is 5.57. The summed E-state index contributed by atoms with van der Waals surface area (Å²) in [7, 11) is 0. The van der Waals surface area contributed by atoms with Crippen molar-refractivity contribution in [2.45, 2.75) is 64.4 Å². The number of hydrogen-bond acceptors (Lipinski definition) is 1. The van der Waals surface area contributed by atoms with Crippen LogP contribution in [-0.2, 0) is 4.74 Å². The molecule has 2 aliphatic rings. The molecule has 1 nitrogen and oxygen atoms in total. The average Bonchev–Trinajstić information content (AvgIpc) is 2.19. The van der Waals surface area contributed by atoms with Gasteiger partial charge in [0.25, 0.3) is 0 Å². The maximum atomic E-state index is 6.03. The third kappa shape index (κ3) is 2.13. The van der Waals surface area contributed by atoms with Crippen molar-refractivity contribution in [1.82, 2.24) is 0 Å². The summed E-state index contributed by atoms with van der Waals surface area (Å²) in [5.74, 6) is 1.84. The molecule has 0 bridgehead atoms. The average molecular weight is 196 g/mol. The van der Waals surface area contributed by atoms with Crippen molar-refractivity contribution in [3.63, 3.8) is 0 Å². The molecule has 0 unspecified atom stereocenters. The standard InChI is InChI=1S/C13H24O/c1-11(2)12-5-8-13(9-6-12)7-3-4-10-14-13/h11-12H,3-10H2,1-2H3. The fourth-order valence-corrected chi connectivity index (χ4v) is 3.14. The van der Waals surface area contributed by atoms with Crippen LogP contribution in [0.25, 0.3) is 0 Å². The van der Waals surface area contributed by atoms with Gasteiger partial charge in [0.2, 0.25) is 0 Å². The maximum absolute atomic E-state index is 6.03. The third-order valence-electron chi connectivity index (χ3n) is 4.32. The highest BCUT2D eigenvalue weighted by molar-refractivity contribution is 4.89. The van der Waals surface area contributed by atoms with Crippen LogP contribution in [0.15, 0.2) is 0 Å². The Morgan fingerprint density at radius 1 is 1.07 bits per heavy atom. The van der Waals surface area contributed by atoms with E-state index in [1.165, 1.54) is 44.9 Å². The van der Waals surface area contributed by atoms with E-state index in [-0.39, 0.29) is 0 Å². The molecule has 1 aliphatic carbocycles. The summed E-state index contributed by atoms with van der Waals surface area (Å²) in [5.41, 5.74) is 0.323. The van der Waals surface area contributed by atoms with Crippen molar-refractivity contribution in [3.05, 3.63) is 0 Å². The molecule has 1 heterocycles. The molecular weight excluding hydrogens is 172 g/mol. The van der Waals surface area contributed by atoms with Crippen molar-refractivity contribution in [3.8, 4) is 0 Å². The van der Waals surface area contributed by atoms with Gasteiger partial charge in [-0.3, -0.25) is 0 Å². The van der Waals surface area contributed by atoms with E-state index in [0.29, 0.717) is 5.60 Å². The normalized spacial score (nSPS) is 39.2. The van der Waals surface area contributed by atoms with Crippen LogP contribution in [-0.4, -0.2) is 12.2 Å². The van der Waals surface area contributed by atoms with Gasteiger partial charge in [0.15, 0.2) is 0 Å². The number of ether oxygens (including phenoxy) is 1. The Labute approximate surface area is 88.2 Å². The van der Waals surface area contributed by atoms with Gasteiger partial charge in [-0.2, -0.15) is 0 Å². The number of rotatable bonds is 1. The Kier molecular flexibility index (Phi) is 3.16. The lowest BCUT2D eigenvalue weighted by Gasteiger charge is -2.43. The minimum atomic E-state index is 0.323. The molecular formula is C13H24O. The summed E-state index contributed by atoms with van der Waals surface area (Å²) >= 11 is 0. The Bertz CT molecular complexity index is 170. The zero-order valence-corrected chi connectivity index (χ0v) is 9.72. The molecule has 0 aromatic heterocycles. The van der Waals surface area contributed by atoms with Gasteiger partial charge in [0.1, 0.15) is 0 Å². The van der Waals surface area contributed by atoms with E-state index in [1.54, 1.807) is 0 Å². The molecule has 1 spiro atoms. The van der Waals surface area contributed by atoms with Gasteiger partial charge in [0, 0.05) is 6.61 Å². The van der Waals surface area contributed by atoms with E-state index < -0.39 is 0 Å². The molecule has 14 heavy (non-hydrogen) atoms. The molecule has 1 saturated carbocycles. The molecule has 2 fully saturated rings. The summed E-state index contributed by atoms with van der Waals surface area (Å²) in [6.45, 7) is 5.75. The quantitative estimate of drug-likeness (QED) is 0.620. The molecule has 0 N–H and O–H groups in total. The first-order valence-corrected chi connectivity index (χ1v) is 6.36. The van der Waals surface area contributed by atoms with Crippen LogP contribution in [0.2, 0.25) is 0 Å². The van der Waals surface area contributed by atoms with Gasteiger partial charge in [-0.1, -0.05) is 13.8 Å². The zero-order valence-electron chi connectivity index (χ0n) is 9.72. The van der Waals surface area contributed by atoms with Crippen molar-refractivity contribution in [1.29, 1.82) is 0 Å². The van der Waals surface area contributed by atoms with Crippen LogP contribution in [0.5, 0.6) is 0 Å². The summed E-state index contributed by atoms with van der Waals surface area (Å²) in [6.07, 6.45) is 9.47. The Morgan fingerprint density at radius 2 is 1.79 bits per heavy atom. The zero-order chi connectivity index (χ0) is 10.0. The van der Waals surface area contributed by atoms with Gasteiger partial charge in [-0.25, -0.2) is 0 Å². The van der Waals surface area contributed by atoms with E-state index in [9.17, 15) is 0 Å². The SMILES string of the molecule is CC(C)C1CCC2(CCCCO2)CC1. The molecule has 0 aromatic rings. The topological polar surface area (TPSA) is 9.23 Å². The van der Waals surface area contributed by atoms with Crippen molar-refractivity contribution >= 4 is 0 Å². The van der Waals surface area contributed by atoms with E-state index in [2.05, 4.69) is 13.8 Å². The lowest BCUT2D eigenvalue weighted by atomic mass is 9.72. The smallest absolute Gasteiger partial charge is 0.0682 e. The monoisotopic (exact) mass is 196 g/mol. The largest absolute Gasteiger partial charge is 0.375 e. The predicted molar refractivity (Wildman–Crippen MR) is 59.3 cm³/mol. The Hall–Kier alpha value is -0.0400. The van der Waals surface area contributed by atoms with Gasteiger partial charge >= 0.3 is 0 Å². The molecule has 2 rings (SSSR count). The van der Waals surface area contributed by atoms with Gasteiger partial charge in [-0.05, 0) is 56.8 Å². The van der Waals surface area contributed by atoms with Crippen molar-refractivity contribution in [2.24, 2.45) is 11.8 Å². The van der Waals surface area contributed by atoms with Crippen molar-refractivity contribution in [2.75, 3.05) is 6.61 Å². The van der Waals surface area contributed by atoms with E-state index in [0.717, 1.165) is 18.4 Å². The van der Waals surface area contributed by atoms with E-state index in [1.807, 2.05) is 0 Å². The molecule has 0 atom stereocenters. The van der Waals surface area contributed by atoms with Gasteiger partial charge < -0.3 is 4.74 Å². The predicted octanol–water partition coefficient (Wildman–Crippen LogP) is 3.77. The van der Waals surface area contributed by atoms with Crippen LogP contribution in [0, 0.1) is 11.8 Å². The lowest BCUT2D eigenvalue weighted by Crippen LogP contribution is -2.40. The van der Waals surface area contributed by atoms with Crippen LogP contribution in [0.4, 0.5) is 0 Å². The third-order valence-corrected chi connectivity index (χ3v) is 4.32. The van der Waals surface area contributed by atoms with Crippen LogP contribution in [0.1, 0.15) is 58.8 Å². The lowest BCUT2D eigenvalue weighted by molar-refractivity contribution is -0.109. The van der Waals surface area contributed by atoms with E-state index in [4.69, 9.17) is 4.74 Å². The molecule has 0 radical (unpaired) electrons. The first-order valence-electron chi connectivity index (χ1n) is 6.36. The maximum Gasteiger partial charge on any atom is 0.0682 e. The summed E-state index contributed by atoms with van der Waals surface area (Å²) in [4.78, 5) is 0. The summed E-state index contributed by atoms with van der Waals surface area (Å²) in [6, 6.07) is 0. The van der Waals surface area contributed by atoms with Crippen LogP contribution in [0.3, 0.4) is 0 Å². The molecule has 1 aliphatic heterocycles. The minimum absolute atomic E-state index is 0.323. The van der Waals surface area contributed by atoms with Gasteiger partial charge in [-0.15, -0.1) is 0 Å².